The van der Waals surface area contributed by atoms with Crippen LogP contribution in [-0.4, -0.2) is 26.0 Å². The number of methoxy groups -OCH3 is 1. The number of esters is 1. The Balaban J connectivity index is 2.56. The first-order valence-electron chi connectivity index (χ1n) is 2.86. The van der Waals surface area contributed by atoms with Gasteiger partial charge in [0.1, 0.15) is 0 Å². The van der Waals surface area contributed by atoms with Crippen molar-refractivity contribution in [2.75, 3.05) is 13.7 Å². The molecule has 0 aromatic carbocycles. The summed E-state index contributed by atoms with van der Waals surface area (Å²) in [7, 11) is 1.35. The third-order valence-electron chi connectivity index (χ3n) is 1.13. The van der Waals surface area contributed by atoms with Crippen molar-refractivity contribution in [3.05, 3.63) is 11.8 Å². The summed E-state index contributed by atoms with van der Waals surface area (Å²) in [6.07, 6.45) is 3.12. The quantitative estimate of drug-likeness (QED) is 0.507. The topological polar surface area (TPSA) is 50.7 Å². The van der Waals surface area contributed by atoms with E-state index in [1.165, 1.54) is 13.4 Å². The second kappa shape index (κ2) is 3.00. The van der Waals surface area contributed by atoms with Gasteiger partial charge in [-0.1, -0.05) is 0 Å². The molecule has 0 bridgehead atoms. The lowest BCUT2D eigenvalue weighted by Crippen LogP contribution is -2.17. The fraction of sp³-hybridized carbons (Fsp3) is 0.333. The van der Waals surface area contributed by atoms with Crippen LogP contribution in [0.1, 0.15) is 0 Å². The van der Waals surface area contributed by atoms with E-state index in [0.29, 0.717) is 12.1 Å². The number of nitrogens with zero attached hydrogens (tertiary/aromatic N) is 1. The van der Waals surface area contributed by atoms with Gasteiger partial charge in [-0.2, -0.15) is 0 Å². The molecule has 54 valence electrons. The molecule has 1 aliphatic heterocycles. The molecule has 0 amide bonds. The summed E-state index contributed by atoms with van der Waals surface area (Å²) in [5, 5.41) is 2.70. The van der Waals surface area contributed by atoms with Crippen LogP contribution in [0, 0.1) is 0 Å². The molecule has 4 nitrogen and oxygen atoms in total. The lowest BCUT2D eigenvalue weighted by molar-refractivity contribution is -0.136. The maximum atomic E-state index is 10.8. The van der Waals surface area contributed by atoms with E-state index in [9.17, 15) is 4.79 Å². The maximum Gasteiger partial charge on any atom is 0.337 e. The van der Waals surface area contributed by atoms with Crippen molar-refractivity contribution < 1.29 is 9.53 Å². The van der Waals surface area contributed by atoms with E-state index in [-0.39, 0.29) is 5.97 Å². The van der Waals surface area contributed by atoms with Gasteiger partial charge in [-0.25, -0.2) is 4.79 Å². The van der Waals surface area contributed by atoms with E-state index >= 15 is 0 Å². The largest absolute Gasteiger partial charge is 0.466 e. The number of hydrogen-bond acceptors (Lipinski definition) is 4. The summed E-state index contributed by atoms with van der Waals surface area (Å²) in [6, 6.07) is 0. The molecule has 0 saturated heterocycles. The van der Waals surface area contributed by atoms with Gasteiger partial charge in [-0.3, -0.25) is 4.99 Å². The van der Waals surface area contributed by atoms with Gasteiger partial charge in [0.05, 0.1) is 25.6 Å². The Labute approximate surface area is 58.6 Å². The minimum Gasteiger partial charge on any atom is -0.466 e. The number of nitrogens with one attached hydrogen (secondary N) is 1. The fourth-order valence-electron chi connectivity index (χ4n) is 0.635. The maximum absolute atomic E-state index is 10.8. The van der Waals surface area contributed by atoms with E-state index in [1.807, 2.05) is 0 Å². The molecule has 0 atom stereocenters. The van der Waals surface area contributed by atoms with Crippen molar-refractivity contribution in [3.8, 4) is 0 Å². The van der Waals surface area contributed by atoms with Gasteiger partial charge < -0.3 is 10.1 Å². The standard InChI is InChI=1S/C6H8N2O2/c1-10-6(9)5-2-7-4-8-3-5/h2,4H,3H2,1H3,(H,7,8). The predicted octanol–water partition coefficient (Wildman–Crippen LogP) is -0.325. The Morgan fingerprint density at radius 3 is 3.20 bits per heavy atom. The fourth-order valence-corrected chi connectivity index (χ4v) is 0.635. The SMILES string of the molecule is COC(=O)C1=CNC=NC1. The number of carbonyl (C=O) groups excluding carboxylic acids is 1. The van der Waals surface area contributed by atoms with Gasteiger partial charge in [0.25, 0.3) is 0 Å². The van der Waals surface area contributed by atoms with Crippen LogP contribution in [0.5, 0.6) is 0 Å². The van der Waals surface area contributed by atoms with Crippen LogP contribution in [0.15, 0.2) is 16.8 Å². The molecule has 1 aliphatic rings. The second-order valence-electron chi connectivity index (χ2n) is 1.80. The molecule has 1 rings (SSSR count). The van der Waals surface area contributed by atoms with Gasteiger partial charge in [0, 0.05) is 6.20 Å². The first-order chi connectivity index (χ1) is 4.84. The number of ether oxygens (including phenoxy) is 1. The van der Waals surface area contributed by atoms with Gasteiger partial charge in [0.15, 0.2) is 0 Å². The van der Waals surface area contributed by atoms with E-state index in [0.717, 1.165) is 0 Å². The molecule has 1 N–H and O–H groups in total. The Morgan fingerprint density at radius 2 is 2.70 bits per heavy atom. The molecular formula is C6H8N2O2. The minimum absolute atomic E-state index is 0.329. The molecule has 1 heterocycles. The zero-order valence-electron chi connectivity index (χ0n) is 5.63. The minimum atomic E-state index is -0.329. The molecule has 0 aliphatic carbocycles. The highest BCUT2D eigenvalue weighted by Gasteiger charge is 2.09. The number of hydrogen-bond donors (Lipinski definition) is 1. The van der Waals surface area contributed by atoms with Crippen LogP contribution < -0.4 is 5.32 Å². The van der Waals surface area contributed by atoms with Gasteiger partial charge in [-0.15, -0.1) is 0 Å². The Bertz CT molecular complexity index is 196. The molecule has 4 heteroatoms. The van der Waals surface area contributed by atoms with Crippen molar-refractivity contribution in [3.63, 3.8) is 0 Å². The Morgan fingerprint density at radius 1 is 1.90 bits per heavy atom. The van der Waals surface area contributed by atoms with Crippen molar-refractivity contribution in [1.29, 1.82) is 0 Å². The zero-order chi connectivity index (χ0) is 7.40. The van der Waals surface area contributed by atoms with Gasteiger partial charge >= 0.3 is 5.97 Å². The molecule has 0 radical (unpaired) electrons. The molecule has 10 heavy (non-hydrogen) atoms. The number of carbonyl (C=O) groups is 1. The van der Waals surface area contributed by atoms with Crippen LogP contribution in [-0.2, 0) is 9.53 Å². The third-order valence-corrected chi connectivity index (χ3v) is 1.13. The monoisotopic (exact) mass is 140 g/mol. The molecule has 0 aromatic rings. The lowest BCUT2D eigenvalue weighted by Gasteiger charge is -2.05. The molecular weight excluding hydrogens is 132 g/mol. The molecule has 0 unspecified atom stereocenters. The number of rotatable bonds is 1. The van der Waals surface area contributed by atoms with Crippen molar-refractivity contribution in [1.82, 2.24) is 5.32 Å². The summed E-state index contributed by atoms with van der Waals surface area (Å²) in [5.41, 5.74) is 0.546. The number of aliphatic imine (C=N–C) groups is 1. The van der Waals surface area contributed by atoms with Crippen LogP contribution in [0.2, 0.25) is 0 Å². The van der Waals surface area contributed by atoms with Gasteiger partial charge in [0.2, 0.25) is 0 Å². The normalized spacial score (nSPS) is 15.5. The average Bonchev–Trinajstić information content (AvgIpc) is 2.05. The first-order valence-corrected chi connectivity index (χ1v) is 2.86. The summed E-state index contributed by atoms with van der Waals surface area (Å²) in [4.78, 5) is 14.6. The molecule has 0 aromatic heterocycles. The molecule has 0 saturated carbocycles. The van der Waals surface area contributed by atoms with Crippen molar-refractivity contribution >= 4 is 12.3 Å². The highest BCUT2D eigenvalue weighted by molar-refractivity contribution is 5.90. The Hall–Kier alpha value is -1.32. The highest BCUT2D eigenvalue weighted by Crippen LogP contribution is 1.98. The van der Waals surface area contributed by atoms with Crippen molar-refractivity contribution in [2.24, 2.45) is 4.99 Å². The smallest absolute Gasteiger partial charge is 0.337 e. The lowest BCUT2D eigenvalue weighted by atomic mass is 10.3. The summed E-state index contributed by atoms with van der Waals surface area (Å²) in [6.45, 7) is 0.402. The van der Waals surface area contributed by atoms with E-state index < -0.39 is 0 Å². The summed E-state index contributed by atoms with van der Waals surface area (Å²) < 4.78 is 4.47. The third kappa shape index (κ3) is 1.34. The van der Waals surface area contributed by atoms with Gasteiger partial charge in [-0.05, 0) is 0 Å². The van der Waals surface area contributed by atoms with E-state index in [2.05, 4.69) is 15.0 Å². The van der Waals surface area contributed by atoms with Crippen LogP contribution in [0.4, 0.5) is 0 Å². The zero-order valence-corrected chi connectivity index (χ0v) is 5.63. The second-order valence-corrected chi connectivity index (χ2v) is 1.80. The van der Waals surface area contributed by atoms with Crippen LogP contribution >= 0.6 is 0 Å². The van der Waals surface area contributed by atoms with Crippen molar-refractivity contribution in [2.45, 2.75) is 0 Å². The highest BCUT2D eigenvalue weighted by atomic mass is 16.5. The first kappa shape index (κ1) is 6.80. The Kier molecular flexibility index (Phi) is 2.04. The van der Waals surface area contributed by atoms with E-state index in [1.54, 1.807) is 6.20 Å². The summed E-state index contributed by atoms with van der Waals surface area (Å²) in [5.74, 6) is -0.329. The van der Waals surface area contributed by atoms with Crippen LogP contribution in [0.3, 0.4) is 0 Å². The molecule has 0 fully saturated rings. The average molecular weight is 140 g/mol. The van der Waals surface area contributed by atoms with Crippen LogP contribution in [0.25, 0.3) is 0 Å². The summed E-state index contributed by atoms with van der Waals surface area (Å²) >= 11 is 0. The predicted molar refractivity (Wildman–Crippen MR) is 36.6 cm³/mol. The molecule has 0 spiro atoms. The van der Waals surface area contributed by atoms with E-state index in [4.69, 9.17) is 0 Å².